The predicted molar refractivity (Wildman–Crippen MR) is 221 cm³/mol. The molecule has 310 valence electrons. The second kappa shape index (κ2) is 20.2. The Kier molecular flexibility index (Phi) is 17.2. The Morgan fingerprint density at radius 1 is 0.926 bits per heavy atom. The van der Waals surface area contributed by atoms with Gasteiger partial charge in [-0.25, -0.2) is 4.79 Å². The number of alkyl carbamates (subject to hydrolysis) is 1. The number of amides is 2. The Labute approximate surface area is 329 Å². The molecule has 5 atom stereocenters. The zero-order valence-corrected chi connectivity index (χ0v) is 37.4. The molecular weight excluding hydrogens is 699 g/mol. The molecule has 0 saturated carbocycles. The molecule has 0 aliphatic carbocycles. The molecule has 0 aromatic heterocycles. The molecule has 10 nitrogen and oxygen atoms in total. The van der Waals surface area contributed by atoms with Crippen LogP contribution in [0.25, 0.3) is 0 Å². The highest BCUT2D eigenvalue weighted by Gasteiger charge is 2.44. The maximum Gasteiger partial charge on any atom is 0.407 e. The Morgan fingerprint density at radius 3 is 2.11 bits per heavy atom. The molecule has 3 aliphatic rings. The van der Waals surface area contributed by atoms with Crippen molar-refractivity contribution in [3.05, 3.63) is 23.8 Å². The first kappa shape index (κ1) is 46.0. The van der Waals surface area contributed by atoms with Crippen LogP contribution in [-0.4, -0.2) is 96.1 Å². The standard InChI is InChI=1S/C43H77N3O7Si/c1-29(2)33(24-31-16-17-37(50-12)39(25-31)51-23-15-22-49-11)26-35(45-41(48)52-42(5,6)7)38(53-54(13,14)43(8,9)10)27-34(30(3)4)40(47)44-36-28-46-20-18-32(36)19-21-46/h16-17,25,29-30,32-36,38H,15,18-24,26-28H2,1-14H3,(H,44,47)(H,45,48)/t33?,34-,35-,36?,38-/m0/s1. The van der Waals surface area contributed by atoms with Gasteiger partial charge in [0, 0.05) is 38.6 Å². The van der Waals surface area contributed by atoms with Gasteiger partial charge in [0.05, 0.1) is 25.9 Å². The summed E-state index contributed by atoms with van der Waals surface area (Å²) in [5.41, 5.74) is 0.464. The molecular formula is C43H77N3O7Si. The van der Waals surface area contributed by atoms with Crippen LogP contribution in [0.4, 0.5) is 4.79 Å². The van der Waals surface area contributed by atoms with Crippen LogP contribution in [0, 0.1) is 29.6 Å². The van der Waals surface area contributed by atoms with Gasteiger partial charge in [-0.05, 0) is 125 Å². The summed E-state index contributed by atoms with van der Waals surface area (Å²) >= 11 is 0. The van der Waals surface area contributed by atoms with Crippen LogP contribution < -0.4 is 20.1 Å². The third kappa shape index (κ3) is 14.0. The summed E-state index contributed by atoms with van der Waals surface area (Å²) in [6, 6.07) is 5.94. The van der Waals surface area contributed by atoms with E-state index in [4.69, 9.17) is 23.4 Å². The average molecular weight is 776 g/mol. The Morgan fingerprint density at radius 2 is 1.59 bits per heavy atom. The molecule has 2 bridgehead atoms. The predicted octanol–water partition coefficient (Wildman–Crippen LogP) is 8.47. The van der Waals surface area contributed by atoms with E-state index in [1.807, 2.05) is 26.8 Å². The Balaban J connectivity index is 2.00. The number of hydrogen-bond acceptors (Lipinski definition) is 8. The number of nitrogens with zero attached hydrogens (tertiary/aromatic N) is 1. The van der Waals surface area contributed by atoms with Gasteiger partial charge in [0.15, 0.2) is 19.8 Å². The Hall–Kier alpha value is -2.34. The molecule has 1 aromatic carbocycles. The smallest absolute Gasteiger partial charge is 0.407 e. The lowest BCUT2D eigenvalue weighted by Crippen LogP contribution is -2.59. The zero-order chi connectivity index (χ0) is 40.4. The number of hydrogen-bond donors (Lipinski definition) is 2. The summed E-state index contributed by atoms with van der Waals surface area (Å²) in [5.74, 6) is 2.30. The molecule has 3 fully saturated rings. The highest BCUT2D eigenvalue weighted by Crippen LogP contribution is 2.40. The van der Waals surface area contributed by atoms with Crippen LogP contribution in [0.3, 0.4) is 0 Å². The van der Waals surface area contributed by atoms with Gasteiger partial charge >= 0.3 is 6.09 Å². The lowest BCUT2D eigenvalue weighted by molar-refractivity contribution is -0.129. The lowest BCUT2D eigenvalue weighted by Gasteiger charge is -2.46. The SMILES string of the molecule is COCCCOc1cc(CC(C[C@H](NC(=O)OC(C)(C)C)[C@H](C[C@H](C(=O)NC2CN3CCC2CC3)C(C)C)O[Si](C)(C)C(C)(C)C)C(C)C)ccc1OC. The average Bonchev–Trinajstić information content (AvgIpc) is 3.06. The first-order valence-corrected chi connectivity index (χ1v) is 23.5. The molecule has 3 heterocycles. The number of methoxy groups -OCH3 is 2. The van der Waals surface area contributed by atoms with E-state index in [1.54, 1.807) is 14.2 Å². The summed E-state index contributed by atoms with van der Waals surface area (Å²) in [6.07, 6.45) is 4.12. The van der Waals surface area contributed by atoms with Gasteiger partial charge in [0.25, 0.3) is 0 Å². The fourth-order valence-corrected chi connectivity index (χ4v) is 8.90. The van der Waals surface area contributed by atoms with Gasteiger partial charge in [0.1, 0.15) is 5.60 Å². The van der Waals surface area contributed by atoms with Crippen LogP contribution in [0.15, 0.2) is 18.2 Å². The maximum atomic E-state index is 14.3. The van der Waals surface area contributed by atoms with Crippen LogP contribution >= 0.6 is 0 Å². The van der Waals surface area contributed by atoms with Crippen molar-refractivity contribution in [3.8, 4) is 11.5 Å². The van der Waals surface area contributed by atoms with Crippen LogP contribution in [0.1, 0.15) is 107 Å². The van der Waals surface area contributed by atoms with Crippen LogP contribution in [0.5, 0.6) is 11.5 Å². The van der Waals surface area contributed by atoms with Gasteiger partial charge in [-0.1, -0.05) is 54.5 Å². The topological polar surface area (TPSA) is 108 Å². The molecule has 11 heteroatoms. The summed E-state index contributed by atoms with van der Waals surface area (Å²) in [4.78, 5) is 30.5. The van der Waals surface area contributed by atoms with Crippen molar-refractivity contribution in [2.75, 3.05) is 47.1 Å². The van der Waals surface area contributed by atoms with Crippen molar-refractivity contribution in [3.63, 3.8) is 0 Å². The van der Waals surface area contributed by atoms with Gasteiger partial charge in [-0.15, -0.1) is 0 Å². The second-order valence-corrected chi connectivity index (χ2v) is 23.9. The van der Waals surface area contributed by atoms with Crippen molar-refractivity contribution in [1.82, 2.24) is 15.5 Å². The largest absolute Gasteiger partial charge is 0.493 e. The van der Waals surface area contributed by atoms with Crippen molar-refractivity contribution in [1.29, 1.82) is 0 Å². The van der Waals surface area contributed by atoms with E-state index in [1.165, 1.54) is 0 Å². The molecule has 54 heavy (non-hydrogen) atoms. The van der Waals surface area contributed by atoms with E-state index in [9.17, 15) is 9.59 Å². The first-order valence-electron chi connectivity index (χ1n) is 20.6. The van der Waals surface area contributed by atoms with Gasteiger partial charge < -0.3 is 38.9 Å². The molecule has 4 rings (SSSR count). The van der Waals surface area contributed by atoms with Crippen molar-refractivity contribution < 1.29 is 33.0 Å². The quantitative estimate of drug-likeness (QED) is 0.100. The molecule has 3 aliphatic heterocycles. The summed E-state index contributed by atoms with van der Waals surface area (Å²) in [7, 11) is 0.972. The third-order valence-electron chi connectivity index (χ3n) is 12.0. The van der Waals surface area contributed by atoms with Crippen LogP contribution in [-0.2, 0) is 25.1 Å². The molecule has 2 N–H and O–H groups in total. The summed E-state index contributed by atoms with van der Waals surface area (Å²) in [6.45, 7) is 30.0. The number of ether oxygens (including phenoxy) is 4. The number of piperidine rings is 3. The summed E-state index contributed by atoms with van der Waals surface area (Å²) in [5, 5.41) is 6.74. The maximum absolute atomic E-state index is 14.3. The highest BCUT2D eigenvalue weighted by atomic mass is 28.4. The van der Waals surface area contributed by atoms with Crippen molar-refractivity contribution in [2.24, 2.45) is 29.6 Å². The molecule has 2 unspecified atom stereocenters. The Bertz CT molecular complexity index is 1320. The molecule has 1 aromatic rings. The van der Waals surface area contributed by atoms with Crippen LogP contribution in [0.2, 0.25) is 18.1 Å². The lowest BCUT2D eigenvalue weighted by atomic mass is 9.80. The van der Waals surface area contributed by atoms with E-state index >= 15 is 0 Å². The zero-order valence-electron chi connectivity index (χ0n) is 36.4. The van der Waals surface area contributed by atoms with E-state index < -0.39 is 32.2 Å². The normalized spacial score (nSPS) is 21.4. The number of rotatable bonds is 20. The number of fused-ring (bicyclic) bond motifs is 3. The molecule has 0 radical (unpaired) electrons. The van der Waals surface area contributed by atoms with Gasteiger partial charge in [0.2, 0.25) is 5.91 Å². The highest BCUT2D eigenvalue weighted by molar-refractivity contribution is 6.74. The van der Waals surface area contributed by atoms with E-state index in [2.05, 4.69) is 89.2 Å². The second-order valence-electron chi connectivity index (χ2n) is 19.1. The minimum atomic E-state index is -2.38. The number of carbonyl (C=O) groups is 2. The minimum Gasteiger partial charge on any atom is -0.493 e. The summed E-state index contributed by atoms with van der Waals surface area (Å²) < 4.78 is 30.2. The number of benzene rings is 1. The number of carbonyl (C=O) groups excluding carboxylic acids is 2. The third-order valence-corrected chi connectivity index (χ3v) is 16.5. The van der Waals surface area contributed by atoms with E-state index in [0.29, 0.717) is 43.5 Å². The molecule has 2 amide bonds. The van der Waals surface area contributed by atoms with Gasteiger partial charge in [-0.3, -0.25) is 4.79 Å². The molecule has 3 saturated heterocycles. The van der Waals surface area contributed by atoms with Crippen molar-refractivity contribution in [2.45, 2.75) is 150 Å². The molecule has 0 spiro atoms. The first-order chi connectivity index (χ1) is 25.1. The van der Waals surface area contributed by atoms with E-state index in [0.717, 1.165) is 50.9 Å². The fraction of sp³-hybridized carbons (Fsp3) is 0.814. The van der Waals surface area contributed by atoms with E-state index in [-0.39, 0.29) is 40.7 Å². The van der Waals surface area contributed by atoms with Crippen molar-refractivity contribution >= 4 is 20.3 Å². The van der Waals surface area contributed by atoms with Gasteiger partial charge in [-0.2, -0.15) is 0 Å². The number of nitrogens with one attached hydrogen (secondary N) is 2. The fourth-order valence-electron chi connectivity index (χ4n) is 7.53. The minimum absolute atomic E-state index is 0.0761. The monoisotopic (exact) mass is 776 g/mol.